The van der Waals surface area contributed by atoms with Crippen LogP contribution in [0.3, 0.4) is 0 Å². The standard InChI is InChI=1S/C17H17NO/c1-3-14-8-7-11-16(12-14)18-13-17(2,19)15-9-5-4-6-10-15/h1,4-12,18-19H,13H2,2H3. The maximum absolute atomic E-state index is 10.5. The van der Waals surface area contributed by atoms with Crippen molar-refractivity contribution in [2.24, 2.45) is 0 Å². The maximum Gasteiger partial charge on any atom is 0.104 e. The lowest BCUT2D eigenvalue weighted by atomic mass is 9.96. The molecule has 0 aliphatic carbocycles. The van der Waals surface area contributed by atoms with Crippen LogP contribution in [0.15, 0.2) is 54.6 Å². The van der Waals surface area contributed by atoms with Crippen LogP contribution >= 0.6 is 0 Å². The summed E-state index contributed by atoms with van der Waals surface area (Å²) in [4.78, 5) is 0. The highest BCUT2D eigenvalue weighted by atomic mass is 16.3. The van der Waals surface area contributed by atoms with Crippen molar-refractivity contribution in [2.75, 3.05) is 11.9 Å². The molecule has 0 saturated carbocycles. The number of hydrogen-bond acceptors (Lipinski definition) is 2. The zero-order valence-corrected chi connectivity index (χ0v) is 10.9. The molecule has 0 aromatic heterocycles. The highest BCUT2D eigenvalue weighted by molar-refractivity contribution is 5.50. The Morgan fingerprint density at radius 3 is 2.58 bits per heavy atom. The van der Waals surface area contributed by atoms with Crippen LogP contribution in [-0.2, 0) is 5.60 Å². The number of terminal acetylenes is 1. The molecule has 19 heavy (non-hydrogen) atoms. The van der Waals surface area contributed by atoms with Crippen molar-refractivity contribution in [3.63, 3.8) is 0 Å². The van der Waals surface area contributed by atoms with Crippen LogP contribution in [0, 0.1) is 12.3 Å². The van der Waals surface area contributed by atoms with Gasteiger partial charge in [-0.2, -0.15) is 0 Å². The summed E-state index contributed by atoms with van der Waals surface area (Å²) in [5.74, 6) is 2.59. The summed E-state index contributed by atoms with van der Waals surface area (Å²) in [6.07, 6.45) is 5.36. The van der Waals surface area contributed by atoms with Crippen molar-refractivity contribution < 1.29 is 5.11 Å². The van der Waals surface area contributed by atoms with Crippen molar-refractivity contribution in [3.8, 4) is 12.3 Å². The lowest BCUT2D eigenvalue weighted by Gasteiger charge is -2.24. The molecule has 2 aromatic carbocycles. The summed E-state index contributed by atoms with van der Waals surface area (Å²) < 4.78 is 0. The highest BCUT2D eigenvalue weighted by Crippen LogP contribution is 2.21. The predicted octanol–water partition coefficient (Wildman–Crippen LogP) is 2.99. The second kappa shape index (κ2) is 5.60. The molecule has 0 saturated heterocycles. The van der Waals surface area contributed by atoms with E-state index < -0.39 is 5.60 Å². The van der Waals surface area contributed by atoms with E-state index in [0.29, 0.717) is 6.54 Å². The van der Waals surface area contributed by atoms with E-state index in [1.807, 2.05) is 54.6 Å². The Morgan fingerprint density at radius 2 is 1.89 bits per heavy atom. The van der Waals surface area contributed by atoms with Crippen LogP contribution < -0.4 is 5.32 Å². The van der Waals surface area contributed by atoms with E-state index in [2.05, 4.69) is 11.2 Å². The first kappa shape index (κ1) is 13.2. The van der Waals surface area contributed by atoms with Crippen LogP contribution in [0.2, 0.25) is 0 Å². The molecule has 1 atom stereocenters. The molecule has 0 spiro atoms. The summed E-state index contributed by atoms with van der Waals surface area (Å²) in [6.45, 7) is 2.21. The third-order valence-electron chi connectivity index (χ3n) is 3.06. The average Bonchev–Trinajstić information content (AvgIpc) is 2.46. The topological polar surface area (TPSA) is 32.3 Å². The number of hydrogen-bond donors (Lipinski definition) is 2. The largest absolute Gasteiger partial charge is 0.384 e. The van der Waals surface area contributed by atoms with Gasteiger partial charge in [-0.3, -0.25) is 0 Å². The fourth-order valence-electron chi connectivity index (χ4n) is 1.89. The summed E-state index contributed by atoms with van der Waals surface area (Å²) >= 11 is 0. The van der Waals surface area contributed by atoms with E-state index in [4.69, 9.17) is 6.42 Å². The molecular weight excluding hydrogens is 234 g/mol. The molecule has 0 fully saturated rings. The SMILES string of the molecule is C#Cc1cccc(NCC(C)(O)c2ccccc2)c1. The van der Waals surface area contributed by atoms with Gasteiger partial charge in [-0.15, -0.1) is 6.42 Å². The highest BCUT2D eigenvalue weighted by Gasteiger charge is 2.22. The molecule has 96 valence electrons. The van der Waals surface area contributed by atoms with Crippen LogP contribution in [0.5, 0.6) is 0 Å². The minimum absolute atomic E-state index is 0.422. The molecule has 2 aromatic rings. The first-order valence-corrected chi connectivity index (χ1v) is 6.20. The molecule has 0 aliphatic rings. The third kappa shape index (κ3) is 3.37. The summed E-state index contributed by atoms with van der Waals surface area (Å²) in [5, 5.41) is 13.7. The Morgan fingerprint density at radius 1 is 1.16 bits per heavy atom. The number of anilines is 1. The monoisotopic (exact) mass is 251 g/mol. The zero-order valence-electron chi connectivity index (χ0n) is 10.9. The number of benzene rings is 2. The third-order valence-corrected chi connectivity index (χ3v) is 3.06. The van der Waals surface area contributed by atoms with Gasteiger partial charge in [0.05, 0.1) is 0 Å². The van der Waals surface area contributed by atoms with Gasteiger partial charge in [0.25, 0.3) is 0 Å². The Bertz CT molecular complexity index is 582. The van der Waals surface area contributed by atoms with Gasteiger partial charge < -0.3 is 10.4 Å². The van der Waals surface area contributed by atoms with Crippen molar-refractivity contribution in [3.05, 3.63) is 65.7 Å². The molecule has 2 rings (SSSR count). The van der Waals surface area contributed by atoms with Gasteiger partial charge in [-0.05, 0) is 30.7 Å². The Labute approximate surface area is 114 Å². The molecule has 0 heterocycles. The van der Waals surface area contributed by atoms with Crippen LogP contribution in [-0.4, -0.2) is 11.7 Å². The summed E-state index contributed by atoms with van der Waals surface area (Å²) in [5.41, 5.74) is 1.69. The van der Waals surface area contributed by atoms with Gasteiger partial charge in [0.2, 0.25) is 0 Å². The molecule has 0 aliphatic heterocycles. The van der Waals surface area contributed by atoms with Gasteiger partial charge in [0.15, 0.2) is 0 Å². The van der Waals surface area contributed by atoms with E-state index in [0.717, 1.165) is 16.8 Å². The summed E-state index contributed by atoms with van der Waals surface area (Å²) in [7, 11) is 0. The molecule has 0 bridgehead atoms. The lowest BCUT2D eigenvalue weighted by molar-refractivity contribution is 0.0715. The second-order valence-electron chi connectivity index (χ2n) is 4.72. The Balaban J connectivity index is 2.07. The van der Waals surface area contributed by atoms with Crippen molar-refractivity contribution in [1.82, 2.24) is 0 Å². The zero-order chi connectivity index (χ0) is 13.7. The Kier molecular flexibility index (Phi) is 3.89. The maximum atomic E-state index is 10.5. The molecule has 0 amide bonds. The first-order valence-electron chi connectivity index (χ1n) is 6.20. The molecule has 2 heteroatoms. The van der Waals surface area contributed by atoms with Crippen LogP contribution in [0.25, 0.3) is 0 Å². The van der Waals surface area contributed by atoms with Gasteiger partial charge in [0.1, 0.15) is 5.60 Å². The van der Waals surface area contributed by atoms with Gasteiger partial charge in [-0.25, -0.2) is 0 Å². The van der Waals surface area contributed by atoms with Crippen LogP contribution in [0.1, 0.15) is 18.1 Å². The predicted molar refractivity (Wildman–Crippen MR) is 78.9 cm³/mol. The van der Waals surface area contributed by atoms with Crippen molar-refractivity contribution in [1.29, 1.82) is 0 Å². The fourth-order valence-corrected chi connectivity index (χ4v) is 1.89. The van der Waals surface area contributed by atoms with Gasteiger partial charge >= 0.3 is 0 Å². The number of aliphatic hydroxyl groups is 1. The van der Waals surface area contributed by atoms with E-state index in [-0.39, 0.29) is 0 Å². The number of rotatable bonds is 4. The fraction of sp³-hybridized carbons (Fsp3) is 0.176. The van der Waals surface area contributed by atoms with E-state index in [1.54, 1.807) is 6.92 Å². The average molecular weight is 251 g/mol. The van der Waals surface area contributed by atoms with E-state index >= 15 is 0 Å². The summed E-state index contributed by atoms with van der Waals surface area (Å²) in [6, 6.07) is 17.2. The smallest absolute Gasteiger partial charge is 0.104 e. The molecule has 1 unspecified atom stereocenters. The molecule has 0 radical (unpaired) electrons. The molecule has 2 nitrogen and oxygen atoms in total. The lowest BCUT2D eigenvalue weighted by Crippen LogP contribution is -2.30. The minimum atomic E-state index is -0.923. The van der Waals surface area contributed by atoms with Crippen molar-refractivity contribution >= 4 is 5.69 Å². The minimum Gasteiger partial charge on any atom is -0.384 e. The second-order valence-corrected chi connectivity index (χ2v) is 4.72. The quantitative estimate of drug-likeness (QED) is 0.819. The molecule has 2 N–H and O–H groups in total. The van der Waals surface area contributed by atoms with E-state index in [9.17, 15) is 5.11 Å². The Hall–Kier alpha value is -2.24. The normalized spacial score (nSPS) is 13.3. The first-order chi connectivity index (χ1) is 9.12. The van der Waals surface area contributed by atoms with Gasteiger partial charge in [-0.1, -0.05) is 42.3 Å². The molecular formula is C17H17NO. The van der Waals surface area contributed by atoms with Crippen molar-refractivity contribution in [2.45, 2.75) is 12.5 Å². The number of nitrogens with one attached hydrogen (secondary N) is 1. The van der Waals surface area contributed by atoms with Crippen LogP contribution in [0.4, 0.5) is 5.69 Å². The van der Waals surface area contributed by atoms with E-state index in [1.165, 1.54) is 0 Å². The van der Waals surface area contributed by atoms with Gasteiger partial charge in [0, 0.05) is 17.8 Å².